The fourth-order valence-electron chi connectivity index (χ4n) is 3.76. The Balaban J connectivity index is 1.80. The van der Waals surface area contributed by atoms with Crippen molar-refractivity contribution in [2.75, 3.05) is 5.32 Å². The highest BCUT2D eigenvalue weighted by Crippen LogP contribution is 2.49. The van der Waals surface area contributed by atoms with Crippen LogP contribution < -0.4 is 5.32 Å². The average molecular weight is 279 g/mol. The summed E-state index contributed by atoms with van der Waals surface area (Å²) in [6.45, 7) is 2.13. The second kappa shape index (κ2) is 4.73. The minimum Gasteiger partial charge on any atom is -0.378 e. The van der Waals surface area contributed by atoms with E-state index in [0.29, 0.717) is 17.9 Å². The van der Waals surface area contributed by atoms with E-state index in [2.05, 4.69) is 48.7 Å². The molecule has 21 heavy (non-hydrogen) atoms. The van der Waals surface area contributed by atoms with E-state index in [9.17, 15) is 4.39 Å². The van der Waals surface area contributed by atoms with Crippen LogP contribution in [0.3, 0.4) is 0 Å². The van der Waals surface area contributed by atoms with Gasteiger partial charge >= 0.3 is 0 Å². The van der Waals surface area contributed by atoms with Gasteiger partial charge in [0.2, 0.25) is 0 Å². The first-order valence-electron chi connectivity index (χ1n) is 7.51. The molecule has 0 fully saturated rings. The molecule has 3 unspecified atom stereocenters. The molecule has 2 aliphatic rings. The smallest absolute Gasteiger partial charge is 0.123 e. The molecule has 0 aromatic heterocycles. The Morgan fingerprint density at radius 1 is 1.14 bits per heavy atom. The van der Waals surface area contributed by atoms with Gasteiger partial charge in [-0.2, -0.15) is 0 Å². The molecule has 0 amide bonds. The van der Waals surface area contributed by atoms with Crippen LogP contribution in [0.15, 0.2) is 54.6 Å². The Kier molecular flexibility index (Phi) is 2.85. The fourth-order valence-corrected chi connectivity index (χ4v) is 3.76. The van der Waals surface area contributed by atoms with Crippen molar-refractivity contribution in [1.29, 1.82) is 0 Å². The van der Waals surface area contributed by atoms with Crippen molar-refractivity contribution in [3.8, 4) is 0 Å². The van der Waals surface area contributed by atoms with Crippen LogP contribution in [-0.4, -0.2) is 0 Å². The second-order valence-electron chi connectivity index (χ2n) is 6.12. The third-order valence-corrected chi connectivity index (χ3v) is 4.73. The number of hydrogen-bond acceptors (Lipinski definition) is 1. The third kappa shape index (κ3) is 2.06. The van der Waals surface area contributed by atoms with Crippen molar-refractivity contribution in [2.45, 2.75) is 25.3 Å². The van der Waals surface area contributed by atoms with Crippen LogP contribution in [0.25, 0.3) is 0 Å². The Bertz CT molecular complexity index is 719. The van der Waals surface area contributed by atoms with E-state index >= 15 is 0 Å². The number of hydrogen-bond donors (Lipinski definition) is 1. The van der Waals surface area contributed by atoms with Crippen molar-refractivity contribution in [3.63, 3.8) is 0 Å². The lowest BCUT2D eigenvalue weighted by Crippen LogP contribution is -2.29. The van der Waals surface area contributed by atoms with E-state index in [1.165, 1.54) is 17.2 Å². The summed E-state index contributed by atoms with van der Waals surface area (Å²) in [6, 6.07) is 14.1. The highest BCUT2D eigenvalue weighted by Gasteiger charge is 2.37. The van der Waals surface area contributed by atoms with Crippen LogP contribution in [0.4, 0.5) is 10.1 Å². The first kappa shape index (κ1) is 12.6. The topological polar surface area (TPSA) is 12.0 Å². The molecule has 0 saturated carbocycles. The van der Waals surface area contributed by atoms with Crippen molar-refractivity contribution >= 4 is 5.69 Å². The van der Waals surface area contributed by atoms with Gasteiger partial charge in [-0.25, -0.2) is 4.39 Å². The molecular formula is C19H18FN. The summed E-state index contributed by atoms with van der Waals surface area (Å²) in [6.07, 6.45) is 5.53. The molecule has 1 N–H and O–H groups in total. The molecule has 106 valence electrons. The lowest BCUT2D eigenvalue weighted by Gasteiger charge is -2.37. The van der Waals surface area contributed by atoms with Crippen LogP contribution in [0, 0.1) is 18.7 Å². The summed E-state index contributed by atoms with van der Waals surface area (Å²) in [4.78, 5) is 0. The lowest BCUT2D eigenvalue weighted by atomic mass is 9.77. The molecule has 3 atom stereocenters. The molecular weight excluding hydrogens is 261 g/mol. The molecule has 0 bridgehead atoms. The SMILES string of the molecule is Cc1cccc(C2Nc3ccc(F)cc3C3C=CCC32)c1. The van der Waals surface area contributed by atoms with Crippen molar-refractivity contribution in [3.05, 3.63) is 77.1 Å². The average Bonchev–Trinajstić information content (AvgIpc) is 2.96. The first-order valence-corrected chi connectivity index (χ1v) is 7.51. The number of nitrogens with one attached hydrogen (secondary N) is 1. The van der Waals surface area contributed by atoms with Crippen molar-refractivity contribution in [1.82, 2.24) is 0 Å². The van der Waals surface area contributed by atoms with Crippen LogP contribution in [-0.2, 0) is 0 Å². The quantitative estimate of drug-likeness (QED) is 0.727. The Hall–Kier alpha value is -2.09. The number of aryl methyl sites for hydroxylation is 1. The summed E-state index contributed by atoms with van der Waals surface area (Å²) in [5, 5.41) is 3.63. The fraction of sp³-hybridized carbons (Fsp3) is 0.263. The van der Waals surface area contributed by atoms with Gasteiger partial charge in [-0.05, 0) is 48.6 Å². The van der Waals surface area contributed by atoms with Gasteiger partial charge in [-0.1, -0.05) is 42.0 Å². The van der Waals surface area contributed by atoms with Gasteiger partial charge in [0.1, 0.15) is 5.82 Å². The molecule has 2 heteroatoms. The summed E-state index contributed by atoms with van der Waals surface area (Å²) in [5.41, 5.74) is 4.76. The second-order valence-corrected chi connectivity index (χ2v) is 6.12. The predicted octanol–water partition coefficient (Wildman–Crippen LogP) is 4.96. The standard InChI is InChI=1S/C19H18FN/c1-12-4-2-5-13(10-12)19-16-7-3-6-15(16)17-11-14(20)8-9-18(17)21-19/h2-6,8-11,15-16,19,21H,7H2,1H3. The molecule has 4 rings (SSSR count). The monoisotopic (exact) mass is 279 g/mol. The molecule has 2 aromatic carbocycles. The molecule has 2 aromatic rings. The number of halogens is 1. The maximum absolute atomic E-state index is 13.6. The normalized spacial score (nSPS) is 26.1. The molecule has 0 radical (unpaired) electrons. The van der Waals surface area contributed by atoms with Crippen LogP contribution in [0.5, 0.6) is 0 Å². The minimum atomic E-state index is -0.149. The van der Waals surface area contributed by atoms with Crippen LogP contribution in [0.1, 0.15) is 35.1 Å². The van der Waals surface area contributed by atoms with Gasteiger partial charge < -0.3 is 5.32 Å². The number of anilines is 1. The summed E-state index contributed by atoms with van der Waals surface area (Å²) < 4.78 is 13.6. The zero-order valence-corrected chi connectivity index (χ0v) is 12.0. The van der Waals surface area contributed by atoms with E-state index in [-0.39, 0.29) is 5.82 Å². The molecule has 0 spiro atoms. The van der Waals surface area contributed by atoms with Gasteiger partial charge in [0, 0.05) is 11.6 Å². The number of fused-ring (bicyclic) bond motifs is 3. The van der Waals surface area contributed by atoms with E-state index in [0.717, 1.165) is 17.7 Å². The summed E-state index contributed by atoms with van der Waals surface area (Å²) in [5.74, 6) is 0.646. The van der Waals surface area contributed by atoms with Crippen LogP contribution >= 0.6 is 0 Å². The van der Waals surface area contributed by atoms with E-state index < -0.39 is 0 Å². The third-order valence-electron chi connectivity index (χ3n) is 4.73. The molecule has 0 saturated heterocycles. The number of allylic oxidation sites excluding steroid dienone is 2. The van der Waals surface area contributed by atoms with Crippen LogP contribution in [0.2, 0.25) is 0 Å². The van der Waals surface area contributed by atoms with Crippen molar-refractivity contribution < 1.29 is 4.39 Å². The Labute approximate surface area is 124 Å². The predicted molar refractivity (Wildman–Crippen MR) is 83.9 cm³/mol. The zero-order chi connectivity index (χ0) is 14.4. The zero-order valence-electron chi connectivity index (χ0n) is 12.0. The summed E-state index contributed by atoms with van der Waals surface area (Å²) >= 11 is 0. The molecule has 1 heterocycles. The highest BCUT2D eigenvalue weighted by molar-refractivity contribution is 5.59. The molecule has 1 aliphatic heterocycles. The minimum absolute atomic E-state index is 0.149. The first-order chi connectivity index (χ1) is 10.2. The van der Waals surface area contributed by atoms with Crippen molar-refractivity contribution in [2.24, 2.45) is 5.92 Å². The number of rotatable bonds is 1. The maximum Gasteiger partial charge on any atom is 0.123 e. The Morgan fingerprint density at radius 2 is 2.05 bits per heavy atom. The maximum atomic E-state index is 13.6. The largest absolute Gasteiger partial charge is 0.378 e. The van der Waals surface area contributed by atoms with Gasteiger partial charge in [-0.3, -0.25) is 0 Å². The Morgan fingerprint density at radius 3 is 2.90 bits per heavy atom. The lowest BCUT2D eigenvalue weighted by molar-refractivity contribution is 0.424. The van der Waals surface area contributed by atoms with E-state index in [4.69, 9.17) is 0 Å². The number of benzene rings is 2. The molecule has 1 nitrogen and oxygen atoms in total. The molecule has 1 aliphatic carbocycles. The summed E-state index contributed by atoms with van der Waals surface area (Å²) in [7, 11) is 0. The van der Waals surface area contributed by atoms with E-state index in [1.54, 1.807) is 6.07 Å². The van der Waals surface area contributed by atoms with Gasteiger partial charge in [-0.15, -0.1) is 0 Å². The van der Waals surface area contributed by atoms with E-state index in [1.807, 2.05) is 6.07 Å². The highest BCUT2D eigenvalue weighted by atomic mass is 19.1. The van der Waals surface area contributed by atoms with Gasteiger partial charge in [0.05, 0.1) is 6.04 Å². The van der Waals surface area contributed by atoms with Gasteiger partial charge in [0.15, 0.2) is 0 Å². The van der Waals surface area contributed by atoms with Gasteiger partial charge in [0.25, 0.3) is 0 Å².